The van der Waals surface area contributed by atoms with Crippen LogP contribution in [0.2, 0.25) is 0 Å². The Balaban J connectivity index is 1.32. The number of ether oxygens (including phenoxy) is 1. The number of hydrogen-bond donors (Lipinski definition) is 0. The predicted octanol–water partition coefficient (Wildman–Crippen LogP) is 1.98. The van der Waals surface area contributed by atoms with E-state index in [0.717, 1.165) is 4.68 Å². The molecule has 0 radical (unpaired) electrons. The number of rotatable bonds is 4. The maximum absolute atomic E-state index is 13.0. The fourth-order valence-corrected chi connectivity index (χ4v) is 3.44. The number of nitrogens with zero attached hydrogens (tertiary/aromatic N) is 4. The molecule has 0 spiro atoms. The van der Waals surface area contributed by atoms with Crippen LogP contribution in [0.5, 0.6) is 0 Å². The van der Waals surface area contributed by atoms with Crippen LogP contribution in [0.25, 0.3) is 10.9 Å². The predicted molar refractivity (Wildman–Crippen MR) is 105 cm³/mol. The number of esters is 1. The van der Waals surface area contributed by atoms with Crippen molar-refractivity contribution in [1.29, 1.82) is 0 Å². The number of hydrogen-bond acceptors (Lipinski definition) is 6. The molecule has 1 aromatic heterocycles. The number of carbonyl (C=O) groups is 2. The van der Waals surface area contributed by atoms with Crippen molar-refractivity contribution < 1.29 is 18.7 Å². The number of piperidine rings is 1. The first-order valence-electron chi connectivity index (χ1n) is 9.57. The first kappa shape index (κ1) is 19.7. The molecular weight excluding hydrogens is 391 g/mol. The lowest BCUT2D eigenvalue weighted by Gasteiger charge is -2.31. The number of benzene rings is 2. The van der Waals surface area contributed by atoms with E-state index >= 15 is 0 Å². The van der Waals surface area contributed by atoms with Gasteiger partial charge < -0.3 is 9.64 Å². The maximum atomic E-state index is 13.0. The van der Waals surface area contributed by atoms with E-state index in [4.69, 9.17) is 4.74 Å². The van der Waals surface area contributed by atoms with Gasteiger partial charge in [-0.3, -0.25) is 14.4 Å². The Morgan fingerprint density at radius 1 is 1.07 bits per heavy atom. The van der Waals surface area contributed by atoms with Gasteiger partial charge in [0, 0.05) is 18.7 Å². The van der Waals surface area contributed by atoms with E-state index in [0.29, 0.717) is 42.4 Å². The van der Waals surface area contributed by atoms with Crippen LogP contribution in [-0.4, -0.2) is 44.9 Å². The molecule has 1 amide bonds. The zero-order valence-corrected chi connectivity index (χ0v) is 16.0. The zero-order chi connectivity index (χ0) is 21.1. The lowest BCUT2D eigenvalue weighted by Crippen LogP contribution is -2.41. The molecule has 1 aliphatic rings. The van der Waals surface area contributed by atoms with Crippen molar-refractivity contribution in [2.45, 2.75) is 19.6 Å². The van der Waals surface area contributed by atoms with E-state index in [1.165, 1.54) is 24.3 Å². The van der Waals surface area contributed by atoms with Crippen LogP contribution in [0, 0.1) is 11.7 Å². The second kappa shape index (κ2) is 8.40. The van der Waals surface area contributed by atoms with Gasteiger partial charge in [0.15, 0.2) is 6.73 Å². The van der Waals surface area contributed by atoms with E-state index in [1.54, 1.807) is 29.2 Å². The molecule has 8 nitrogen and oxygen atoms in total. The molecule has 0 N–H and O–H groups in total. The topological polar surface area (TPSA) is 94.4 Å². The number of fused-ring (bicyclic) bond motifs is 1. The Bertz CT molecular complexity index is 1140. The number of carbonyl (C=O) groups excluding carboxylic acids is 2. The lowest BCUT2D eigenvalue weighted by atomic mass is 9.96. The molecule has 2 aromatic carbocycles. The summed E-state index contributed by atoms with van der Waals surface area (Å²) in [5, 5.41) is 8.15. The third kappa shape index (κ3) is 4.05. The average Bonchev–Trinajstić information content (AvgIpc) is 2.79. The molecule has 1 fully saturated rings. The quantitative estimate of drug-likeness (QED) is 0.611. The Hall–Kier alpha value is -3.62. The van der Waals surface area contributed by atoms with Crippen LogP contribution in [0.1, 0.15) is 23.2 Å². The van der Waals surface area contributed by atoms with Crippen molar-refractivity contribution >= 4 is 22.8 Å². The molecule has 1 saturated heterocycles. The molecule has 154 valence electrons. The normalized spacial score (nSPS) is 14.6. The summed E-state index contributed by atoms with van der Waals surface area (Å²) in [6.45, 7) is 0.474. The molecular formula is C21H19FN4O4. The fourth-order valence-electron chi connectivity index (χ4n) is 3.44. The van der Waals surface area contributed by atoms with Crippen LogP contribution >= 0.6 is 0 Å². The van der Waals surface area contributed by atoms with E-state index in [9.17, 15) is 18.8 Å². The highest BCUT2D eigenvalue weighted by molar-refractivity contribution is 5.94. The summed E-state index contributed by atoms with van der Waals surface area (Å²) >= 11 is 0. The Morgan fingerprint density at radius 2 is 1.77 bits per heavy atom. The molecule has 0 saturated carbocycles. The minimum atomic E-state index is -0.439. The monoisotopic (exact) mass is 410 g/mol. The average molecular weight is 410 g/mol. The van der Waals surface area contributed by atoms with Crippen molar-refractivity contribution in [2.75, 3.05) is 13.1 Å². The first-order chi connectivity index (χ1) is 14.5. The lowest BCUT2D eigenvalue weighted by molar-refractivity contribution is -0.154. The fraction of sp³-hybridized carbons (Fsp3) is 0.286. The molecule has 30 heavy (non-hydrogen) atoms. The maximum Gasteiger partial charge on any atom is 0.310 e. The molecule has 2 heterocycles. The van der Waals surface area contributed by atoms with Gasteiger partial charge in [-0.2, -0.15) is 4.68 Å². The van der Waals surface area contributed by atoms with E-state index < -0.39 is 11.8 Å². The van der Waals surface area contributed by atoms with Crippen LogP contribution in [0.4, 0.5) is 4.39 Å². The highest BCUT2D eigenvalue weighted by atomic mass is 19.1. The van der Waals surface area contributed by atoms with Crippen LogP contribution in [-0.2, 0) is 16.3 Å². The van der Waals surface area contributed by atoms with Gasteiger partial charge in [-0.15, -0.1) is 5.10 Å². The number of halogens is 1. The van der Waals surface area contributed by atoms with Gasteiger partial charge in [0.05, 0.1) is 11.3 Å². The highest BCUT2D eigenvalue weighted by Gasteiger charge is 2.29. The zero-order valence-electron chi connectivity index (χ0n) is 16.0. The summed E-state index contributed by atoms with van der Waals surface area (Å²) < 4.78 is 19.3. The summed E-state index contributed by atoms with van der Waals surface area (Å²) in [6, 6.07) is 12.2. The standard InChI is InChI=1S/C21H19FN4O4/c22-16-7-5-14(6-8-16)19(27)25-11-9-15(10-12-25)21(29)30-13-26-20(28)17-3-1-2-4-18(17)23-24-26/h1-8,15H,9-13H2. The van der Waals surface area contributed by atoms with Gasteiger partial charge in [-0.1, -0.05) is 17.3 Å². The van der Waals surface area contributed by atoms with Gasteiger partial charge in [-0.05, 0) is 49.2 Å². The minimum Gasteiger partial charge on any atom is -0.442 e. The van der Waals surface area contributed by atoms with Crippen molar-refractivity contribution in [1.82, 2.24) is 19.9 Å². The van der Waals surface area contributed by atoms with Gasteiger partial charge in [0.1, 0.15) is 11.3 Å². The van der Waals surface area contributed by atoms with E-state index in [2.05, 4.69) is 10.3 Å². The number of likely N-dealkylation sites (tertiary alicyclic amines) is 1. The SMILES string of the molecule is O=C(OCn1nnc2ccccc2c1=O)C1CCN(C(=O)c2ccc(F)cc2)CC1. The van der Waals surface area contributed by atoms with Crippen LogP contribution in [0.15, 0.2) is 53.3 Å². The molecule has 0 unspecified atom stereocenters. The van der Waals surface area contributed by atoms with Gasteiger partial charge in [0.2, 0.25) is 0 Å². The van der Waals surface area contributed by atoms with Gasteiger partial charge in [0.25, 0.3) is 11.5 Å². The Morgan fingerprint density at radius 3 is 2.50 bits per heavy atom. The second-order valence-corrected chi connectivity index (χ2v) is 7.08. The van der Waals surface area contributed by atoms with Crippen molar-refractivity contribution in [3.63, 3.8) is 0 Å². The van der Waals surface area contributed by atoms with Gasteiger partial charge in [-0.25, -0.2) is 4.39 Å². The summed E-state index contributed by atoms with van der Waals surface area (Å²) in [6.07, 6.45) is 0.897. The number of amides is 1. The molecule has 0 atom stereocenters. The molecule has 3 aromatic rings. The van der Waals surface area contributed by atoms with Crippen molar-refractivity contribution in [2.24, 2.45) is 5.92 Å². The molecule has 1 aliphatic heterocycles. The summed E-state index contributed by atoms with van der Waals surface area (Å²) in [7, 11) is 0. The summed E-state index contributed by atoms with van der Waals surface area (Å²) in [4.78, 5) is 38.9. The Labute approximate surface area is 170 Å². The summed E-state index contributed by atoms with van der Waals surface area (Å²) in [5.74, 6) is -1.40. The minimum absolute atomic E-state index is 0.195. The molecule has 0 bridgehead atoms. The smallest absolute Gasteiger partial charge is 0.310 e. The van der Waals surface area contributed by atoms with Crippen molar-refractivity contribution in [3.05, 3.63) is 70.3 Å². The van der Waals surface area contributed by atoms with E-state index in [-0.39, 0.29) is 24.1 Å². The second-order valence-electron chi connectivity index (χ2n) is 7.08. The summed E-state index contributed by atoms with van der Waals surface area (Å²) in [5.41, 5.74) is 0.503. The highest BCUT2D eigenvalue weighted by Crippen LogP contribution is 2.20. The Kier molecular flexibility index (Phi) is 5.51. The molecule has 0 aliphatic carbocycles. The first-order valence-corrected chi connectivity index (χ1v) is 9.57. The third-order valence-electron chi connectivity index (χ3n) is 5.17. The van der Waals surface area contributed by atoms with Crippen molar-refractivity contribution in [3.8, 4) is 0 Å². The molecule has 9 heteroatoms. The van der Waals surface area contributed by atoms with Gasteiger partial charge >= 0.3 is 5.97 Å². The van der Waals surface area contributed by atoms with E-state index in [1.807, 2.05) is 0 Å². The third-order valence-corrected chi connectivity index (χ3v) is 5.17. The van der Waals surface area contributed by atoms with Crippen LogP contribution in [0.3, 0.4) is 0 Å². The molecule has 4 rings (SSSR count). The largest absolute Gasteiger partial charge is 0.442 e. The number of aromatic nitrogens is 3. The van der Waals surface area contributed by atoms with Crippen LogP contribution < -0.4 is 5.56 Å².